The van der Waals surface area contributed by atoms with Gasteiger partial charge in [-0.3, -0.25) is 0 Å². The summed E-state index contributed by atoms with van der Waals surface area (Å²) in [5.41, 5.74) is 1.67. The molecule has 0 aromatic heterocycles. The third-order valence-electron chi connectivity index (χ3n) is 3.38. The Labute approximate surface area is 89.7 Å². The Hall–Kier alpha value is 0.304. The van der Waals surface area contributed by atoms with Crippen molar-refractivity contribution in [1.82, 2.24) is 0 Å². The number of hydrogen-bond acceptors (Lipinski definition) is 0. The zero-order valence-electron chi connectivity index (χ0n) is 9.00. The van der Waals surface area contributed by atoms with Gasteiger partial charge in [-0.1, -0.05) is 31.5 Å². The summed E-state index contributed by atoms with van der Waals surface area (Å²) in [5.74, 6) is 0. The second-order valence-corrected chi connectivity index (χ2v) is 8.75. The molecule has 66 valence electrons. The van der Waals surface area contributed by atoms with Crippen molar-refractivity contribution in [1.29, 1.82) is 0 Å². The molecule has 1 aromatic carbocycles. The minimum Gasteiger partial charge on any atom is -0.0745 e. The summed E-state index contributed by atoms with van der Waals surface area (Å²) in [5, 5.41) is 8.83. The van der Waals surface area contributed by atoms with Gasteiger partial charge >= 0.3 is 0 Å². The van der Waals surface area contributed by atoms with Gasteiger partial charge in [0.05, 0.1) is 0 Å². The monoisotopic (exact) mass is 242 g/mol. The Morgan fingerprint density at radius 2 is 0.833 bits per heavy atom. The summed E-state index contributed by atoms with van der Waals surface area (Å²) >= 11 is 0. The van der Waals surface area contributed by atoms with Crippen LogP contribution in [-0.4, -0.2) is 51.2 Å². The molecular formula is C7H18Si5. The smallest absolute Gasteiger partial charge is 0.0386 e. The molecule has 0 saturated heterocycles. The second kappa shape index (κ2) is 3.58. The molecule has 1 rings (SSSR count). The zero-order chi connectivity index (χ0) is 9.46. The highest BCUT2D eigenvalue weighted by Gasteiger charge is 2.06. The van der Waals surface area contributed by atoms with Crippen LogP contribution in [0.3, 0.4) is 0 Å². The standard InChI is InChI=1S/C7H18Si5/c1-2-3(8)5(10)7(12)6(11)4(2)9/h1,8-12H3. The van der Waals surface area contributed by atoms with E-state index in [0.29, 0.717) is 0 Å². The molecule has 0 N–H and O–H groups in total. The molecule has 0 radical (unpaired) electrons. The number of rotatable bonds is 0. The molecule has 0 saturated carbocycles. The van der Waals surface area contributed by atoms with Crippen molar-refractivity contribution in [2.45, 2.75) is 6.92 Å². The van der Waals surface area contributed by atoms with Crippen molar-refractivity contribution in [3.63, 3.8) is 0 Å². The summed E-state index contributed by atoms with van der Waals surface area (Å²) < 4.78 is 0. The van der Waals surface area contributed by atoms with Gasteiger partial charge in [-0.25, -0.2) is 0 Å². The molecular weight excluding hydrogens is 225 g/mol. The molecule has 0 aliphatic carbocycles. The number of hydrogen-bond donors (Lipinski definition) is 0. The molecule has 12 heavy (non-hydrogen) atoms. The maximum Gasteiger partial charge on any atom is 0.0386 e. The van der Waals surface area contributed by atoms with E-state index in [4.69, 9.17) is 0 Å². The van der Waals surface area contributed by atoms with Crippen LogP contribution in [-0.2, 0) is 0 Å². The van der Waals surface area contributed by atoms with Crippen LogP contribution in [0.4, 0.5) is 0 Å². The van der Waals surface area contributed by atoms with Crippen molar-refractivity contribution < 1.29 is 0 Å². The van der Waals surface area contributed by atoms with Crippen LogP contribution < -0.4 is 25.9 Å². The SMILES string of the molecule is Cc1c([SiH3])c([SiH3])c([SiH3])c([SiH3])c1[SiH3]. The molecule has 0 spiro atoms. The predicted octanol–water partition coefficient (Wildman–Crippen LogP) is -8.05. The van der Waals surface area contributed by atoms with Gasteiger partial charge in [0.15, 0.2) is 0 Å². The third kappa shape index (κ3) is 1.51. The molecule has 0 bridgehead atoms. The van der Waals surface area contributed by atoms with Crippen molar-refractivity contribution in [3.8, 4) is 0 Å². The maximum absolute atomic E-state index is 2.34. The molecule has 0 nitrogen and oxygen atoms in total. The van der Waals surface area contributed by atoms with Crippen LogP contribution in [0.5, 0.6) is 0 Å². The van der Waals surface area contributed by atoms with Crippen molar-refractivity contribution in [2.75, 3.05) is 0 Å². The summed E-state index contributed by atoms with van der Waals surface area (Å²) in [4.78, 5) is 0. The second-order valence-electron chi connectivity index (χ2n) is 3.75. The first-order chi connectivity index (χ1) is 5.46. The Bertz CT molecular complexity index is 226. The van der Waals surface area contributed by atoms with Crippen molar-refractivity contribution >= 4 is 77.1 Å². The van der Waals surface area contributed by atoms with Crippen LogP contribution in [0.1, 0.15) is 5.56 Å². The lowest BCUT2D eigenvalue weighted by Gasteiger charge is -2.16. The van der Waals surface area contributed by atoms with Crippen LogP contribution >= 0.6 is 0 Å². The summed E-state index contributed by atoms with van der Waals surface area (Å²) in [7, 11) is 6.38. The average molecular weight is 243 g/mol. The molecule has 0 fully saturated rings. The van der Waals surface area contributed by atoms with Gasteiger partial charge < -0.3 is 0 Å². The van der Waals surface area contributed by atoms with Gasteiger partial charge in [-0.15, -0.1) is 0 Å². The first-order valence-electron chi connectivity index (χ1n) is 4.50. The fourth-order valence-electron chi connectivity index (χ4n) is 1.69. The molecule has 0 amide bonds. The lowest BCUT2D eigenvalue weighted by Crippen LogP contribution is -2.55. The van der Waals surface area contributed by atoms with E-state index in [9.17, 15) is 0 Å². The summed E-state index contributed by atoms with van der Waals surface area (Å²) in [6.45, 7) is 2.34. The normalized spacial score (nSPS) is 11.8. The van der Waals surface area contributed by atoms with Crippen LogP contribution in [0.2, 0.25) is 0 Å². The van der Waals surface area contributed by atoms with Gasteiger partial charge in [-0.2, -0.15) is 0 Å². The van der Waals surface area contributed by atoms with E-state index < -0.39 is 0 Å². The van der Waals surface area contributed by atoms with Gasteiger partial charge in [0.25, 0.3) is 0 Å². The molecule has 0 atom stereocenters. The van der Waals surface area contributed by atoms with E-state index in [1.807, 2.05) is 0 Å². The minimum atomic E-state index is 1.27. The van der Waals surface area contributed by atoms with E-state index in [0.717, 1.165) is 0 Å². The Morgan fingerprint density at radius 1 is 0.583 bits per heavy atom. The third-order valence-corrected chi connectivity index (χ3v) is 14.9. The van der Waals surface area contributed by atoms with E-state index in [2.05, 4.69) is 6.92 Å². The molecule has 1 aromatic rings. The minimum absolute atomic E-state index is 1.27. The molecule has 0 aliphatic heterocycles. The van der Waals surface area contributed by atoms with Crippen molar-refractivity contribution in [3.05, 3.63) is 5.56 Å². The van der Waals surface area contributed by atoms with E-state index in [1.54, 1.807) is 31.5 Å². The fraction of sp³-hybridized carbons (Fsp3) is 0.143. The maximum atomic E-state index is 2.34. The van der Waals surface area contributed by atoms with Gasteiger partial charge in [0, 0.05) is 51.2 Å². The van der Waals surface area contributed by atoms with E-state index in [-0.39, 0.29) is 0 Å². The first kappa shape index (κ1) is 10.4. The predicted molar refractivity (Wildman–Crippen MR) is 79.0 cm³/mol. The molecule has 0 unspecified atom stereocenters. The fourth-order valence-corrected chi connectivity index (χ4v) is 7.44. The van der Waals surface area contributed by atoms with E-state index in [1.165, 1.54) is 51.2 Å². The average Bonchev–Trinajstić information content (AvgIpc) is 2.08. The lowest BCUT2D eigenvalue weighted by molar-refractivity contribution is 1.60. The quantitative estimate of drug-likeness (QED) is 0.397. The largest absolute Gasteiger partial charge is 0.0745 e. The Morgan fingerprint density at radius 3 is 1.17 bits per heavy atom. The Kier molecular flexibility index (Phi) is 3.10. The number of benzene rings is 1. The van der Waals surface area contributed by atoms with E-state index >= 15 is 0 Å². The Balaban J connectivity index is 3.60. The summed E-state index contributed by atoms with van der Waals surface area (Å²) in [6.07, 6.45) is 0. The zero-order valence-corrected chi connectivity index (χ0v) is 19.0. The molecule has 0 heterocycles. The van der Waals surface area contributed by atoms with Crippen LogP contribution in [0, 0.1) is 6.92 Å². The van der Waals surface area contributed by atoms with Gasteiger partial charge in [0.2, 0.25) is 0 Å². The van der Waals surface area contributed by atoms with Crippen LogP contribution in [0.15, 0.2) is 0 Å². The highest BCUT2D eigenvalue weighted by atomic mass is 28.2. The highest BCUT2D eigenvalue weighted by molar-refractivity contribution is 6.67. The first-order valence-corrected chi connectivity index (χ1v) is 9.50. The molecule has 5 heteroatoms. The van der Waals surface area contributed by atoms with Gasteiger partial charge in [-0.05, 0) is 6.92 Å². The molecule has 0 aliphatic rings. The topological polar surface area (TPSA) is 0 Å². The highest BCUT2D eigenvalue weighted by Crippen LogP contribution is 1.78. The summed E-state index contributed by atoms with van der Waals surface area (Å²) in [6, 6.07) is 0. The van der Waals surface area contributed by atoms with Gasteiger partial charge in [0.1, 0.15) is 0 Å². The van der Waals surface area contributed by atoms with Crippen molar-refractivity contribution in [2.24, 2.45) is 0 Å². The van der Waals surface area contributed by atoms with Crippen LogP contribution in [0.25, 0.3) is 0 Å². The lowest BCUT2D eigenvalue weighted by atomic mass is 10.2.